The molecule has 3 atom stereocenters. The molecule has 6 heteroatoms. The molecule has 0 bridgehead atoms. The number of furan rings is 1. The van der Waals surface area contributed by atoms with E-state index in [0.717, 1.165) is 27.2 Å². The highest BCUT2D eigenvalue weighted by atomic mass is 79.9. The van der Waals surface area contributed by atoms with Crippen LogP contribution in [0, 0.1) is 0 Å². The smallest absolute Gasteiger partial charge is 0.183 e. The molecule has 0 aliphatic carbocycles. The summed E-state index contributed by atoms with van der Waals surface area (Å²) in [6.07, 6.45) is 0. The summed E-state index contributed by atoms with van der Waals surface area (Å²) in [5.41, 5.74) is 5.96. The van der Waals surface area contributed by atoms with E-state index in [4.69, 9.17) is 10.2 Å². The second-order valence-electron chi connectivity index (χ2n) is 4.58. The van der Waals surface area contributed by atoms with E-state index in [0.29, 0.717) is 17.8 Å². The van der Waals surface area contributed by atoms with Gasteiger partial charge >= 0.3 is 0 Å². The maximum atomic E-state index is 5.96. The van der Waals surface area contributed by atoms with Crippen molar-refractivity contribution in [1.29, 1.82) is 0 Å². The maximum absolute atomic E-state index is 5.96. The molecule has 1 saturated heterocycles. The van der Waals surface area contributed by atoms with Gasteiger partial charge in [0.1, 0.15) is 5.76 Å². The predicted molar refractivity (Wildman–Crippen MR) is 84.0 cm³/mol. The van der Waals surface area contributed by atoms with Crippen LogP contribution in [-0.4, -0.2) is 35.0 Å². The molecule has 2 N–H and O–H groups in total. The Hall–Kier alpha value is 0.510. The van der Waals surface area contributed by atoms with Gasteiger partial charge in [-0.15, -0.1) is 0 Å². The normalized spacial score (nSPS) is 27.4. The number of halogens is 2. The molecule has 1 aliphatic heterocycles. The van der Waals surface area contributed by atoms with Crippen LogP contribution >= 0.6 is 43.6 Å². The third-order valence-electron chi connectivity index (χ3n) is 3.55. The molecule has 1 fully saturated rings. The number of nitrogens with zero attached hydrogens (tertiary/aromatic N) is 1. The molecule has 0 aromatic carbocycles. The molecule has 0 amide bonds. The minimum absolute atomic E-state index is 0.158. The van der Waals surface area contributed by atoms with E-state index < -0.39 is 0 Å². The first-order valence-corrected chi connectivity index (χ1v) is 8.70. The summed E-state index contributed by atoms with van der Waals surface area (Å²) in [6, 6.07) is 2.69. The second-order valence-corrected chi connectivity index (χ2v) is 7.64. The summed E-state index contributed by atoms with van der Waals surface area (Å²) in [6.45, 7) is 6.19. The zero-order valence-electron chi connectivity index (χ0n) is 10.5. The van der Waals surface area contributed by atoms with Gasteiger partial charge in [-0.2, -0.15) is 11.8 Å². The first kappa shape index (κ1) is 14.9. The summed E-state index contributed by atoms with van der Waals surface area (Å²) in [4.78, 5) is 2.46. The van der Waals surface area contributed by atoms with Crippen molar-refractivity contribution < 1.29 is 4.42 Å². The van der Waals surface area contributed by atoms with Gasteiger partial charge in [-0.3, -0.25) is 4.90 Å². The van der Waals surface area contributed by atoms with Gasteiger partial charge in [0, 0.05) is 30.1 Å². The van der Waals surface area contributed by atoms with Crippen molar-refractivity contribution in [1.82, 2.24) is 4.90 Å². The predicted octanol–water partition coefficient (Wildman–Crippen LogP) is 3.63. The Morgan fingerprint density at radius 3 is 2.83 bits per heavy atom. The fourth-order valence-corrected chi connectivity index (χ4v) is 4.07. The van der Waals surface area contributed by atoms with Gasteiger partial charge in [0.2, 0.25) is 0 Å². The Labute approximate surface area is 129 Å². The Bertz CT molecular complexity index is 393. The largest absolute Gasteiger partial charge is 0.451 e. The summed E-state index contributed by atoms with van der Waals surface area (Å²) in [5, 5.41) is 0.634. The highest BCUT2D eigenvalue weighted by Gasteiger charge is 2.32. The first-order valence-electron chi connectivity index (χ1n) is 6.06. The fourth-order valence-electron chi connectivity index (χ4n) is 2.34. The standard InChI is InChI=1S/C12H18Br2N2OS/c1-7-8(2)18-4-3-16(7)10(6-15)11-5-9(13)12(14)17-11/h5,7-8,10H,3-4,6,15H2,1-2H3. The van der Waals surface area contributed by atoms with Crippen molar-refractivity contribution in [2.45, 2.75) is 31.2 Å². The van der Waals surface area contributed by atoms with Gasteiger partial charge in [-0.05, 0) is 44.8 Å². The van der Waals surface area contributed by atoms with Gasteiger partial charge in [-0.1, -0.05) is 6.92 Å². The average Bonchev–Trinajstić information content (AvgIpc) is 2.66. The van der Waals surface area contributed by atoms with E-state index in [-0.39, 0.29) is 6.04 Å². The van der Waals surface area contributed by atoms with Crippen LogP contribution in [0.3, 0.4) is 0 Å². The van der Waals surface area contributed by atoms with Gasteiger partial charge in [-0.25, -0.2) is 0 Å². The van der Waals surface area contributed by atoms with E-state index in [1.165, 1.54) is 0 Å². The van der Waals surface area contributed by atoms with Gasteiger partial charge in [0.05, 0.1) is 10.5 Å². The van der Waals surface area contributed by atoms with Crippen LogP contribution in [0.25, 0.3) is 0 Å². The molecule has 3 unspecified atom stereocenters. The van der Waals surface area contributed by atoms with Crippen molar-refractivity contribution >= 4 is 43.6 Å². The summed E-state index contributed by atoms with van der Waals surface area (Å²) in [5.74, 6) is 2.09. The highest BCUT2D eigenvalue weighted by molar-refractivity contribution is 9.13. The molecule has 0 spiro atoms. The van der Waals surface area contributed by atoms with Gasteiger partial charge in [0.15, 0.2) is 4.67 Å². The average molecular weight is 398 g/mol. The Kier molecular flexibility index (Phi) is 5.22. The zero-order chi connectivity index (χ0) is 13.3. The molecule has 18 heavy (non-hydrogen) atoms. The Morgan fingerprint density at radius 1 is 1.56 bits per heavy atom. The third-order valence-corrected chi connectivity index (χ3v) is 6.60. The minimum atomic E-state index is 0.158. The topological polar surface area (TPSA) is 42.4 Å². The SMILES string of the molecule is CC1SCCN(C(CN)c2cc(Br)c(Br)o2)C1C. The molecule has 2 rings (SSSR count). The van der Waals surface area contributed by atoms with Crippen LogP contribution in [-0.2, 0) is 0 Å². The number of rotatable bonds is 3. The number of hydrogen-bond acceptors (Lipinski definition) is 4. The maximum Gasteiger partial charge on any atom is 0.183 e. The van der Waals surface area contributed by atoms with Crippen LogP contribution < -0.4 is 5.73 Å². The minimum Gasteiger partial charge on any atom is -0.451 e. The lowest BCUT2D eigenvalue weighted by molar-refractivity contribution is 0.133. The molecule has 2 heterocycles. The Morgan fingerprint density at radius 2 is 2.28 bits per heavy atom. The fraction of sp³-hybridized carbons (Fsp3) is 0.667. The molecule has 0 radical (unpaired) electrons. The zero-order valence-corrected chi connectivity index (χ0v) is 14.5. The quantitative estimate of drug-likeness (QED) is 0.845. The van der Waals surface area contributed by atoms with Crippen LogP contribution in [0.4, 0.5) is 0 Å². The van der Waals surface area contributed by atoms with Crippen LogP contribution in [0.2, 0.25) is 0 Å². The third kappa shape index (κ3) is 2.98. The van der Waals surface area contributed by atoms with Crippen molar-refractivity contribution in [2.24, 2.45) is 5.73 Å². The van der Waals surface area contributed by atoms with Gasteiger partial charge in [0.25, 0.3) is 0 Å². The molecule has 1 aromatic rings. The monoisotopic (exact) mass is 396 g/mol. The van der Waals surface area contributed by atoms with E-state index in [2.05, 4.69) is 50.6 Å². The molecular weight excluding hydrogens is 380 g/mol. The lowest BCUT2D eigenvalue weighted by atomic mass is 10.1. The van der Waals surface area contributed by atoms with Crippen molar-refractivity contribution in [3.63, 3.8) is 0 Å². The summed E-state index contributed by atoms with van der Waals surface area (Å²) < 4.78 is 7.43. The van der Waals surface area contributed by atoms with Crippen molar-refractivity contribution in [3.05, 3.63) is 21.0 Å². The van der Waals surface area contributed by atoms with E-state index in [1.54, 1.807) is 0 Å². The summed E-state index contributed by atoms with van der Waals surface area (Å²) in [7, 11) is 0. The molecule has 3 nitrogen and oxygen atoms in total. The van der Waals surface area contributed by atoms with E-state index in [9.17, 15) is 0 Å². The molecule has 1 aromatic heterocycles. The van der Waals surface area contributed by atoms with Gasteiger partial charge < -0.3 is 10.2 Å². The van der Waals surface area contributed by atoms with Crippen LogP contribution in [0.5, 0.6) is 0 Å². The highest BCUT2D eigenvalue weighted by Crippen LogP contribution is 2.35. The lowest BCUT2D eigenvalue weighted by Crippen LogP contribution is -2.48. The molecular formula is C12H18Br2N2OS. The number of thioether (sulfide) groups is 1. The van der Waals surface area contributed by atoms with Crippen molar-refractivity contribution in [2.75, 3.05) is 18.8 Å². The van der Waals surface area contributed by atoms with E-state index in [1.807, 2.05) is 17.8 Å². The van der Waals surface area contributed by atoms with Crippen molar-refractivity contribution in [3.8, 4) is 0 Å². The Balaban J connectivity index is 2.22. The number of hydrogen-bond donors (Lipinski definition) is 1. The van der Waals surface area contributed by atoms with E-state index >= 15 is 0 Å². The number of nitrogens with two attached hydrogens (primary N) is 1. The second kappa shape index (κ2) is 6.31. The van der Waals surface area contributed by atoms with Crippen LogP contribution in [0.15, 0.2) is 19.6 Å². The summed E-state index contributed by atoms with van der Waals surface area (Å²) >= 11 is 8.88. The first-order chi connectivity index (χ1) is 8.54. The van der Waals surface area contributed by atoms with Crippen LogP contribution in [0.1, 0.15) is 25.6 Å². The molecule has 1 aliphatic rings. The lowest BCUT2D eigenvalue weighted by Gasteiger charge is -2.41. The molecule has 0 saturated carbocycles. The molecule has 102 valence electrons.